The van der Waals surface area contributed by atoms with Crippen molar-refractivity contribution >= 4 is 5.82 Å². The SMILES string of the molecule is CC(O)C(N)CNc1ncnc2c1CCCC2. The third-order valence-electron chi connectivity index (χ3n) is 3.25. The standard InChI is InChI=1S/C12H20N4O/c1-8(17)10(13)6-14-12-9-4-2-3-5-11(9)15-7-16-12/h7-8,10,17H,2-6,13H2,1H3,(H,14,15,16). The molecule has 0 aliphatic heterocycles. The highest BCUT2D eigenvalue weighted by atomic mass is 16.3. The van der Waals surface area contributed by atoms with Crippen LogP contribution in [0.15, 0.2) is 6.33 Å². The first kappa shape index (κ1) is 12.3. The number of rotatable bonds is 4. The van der Waals surface area contributed by atoms with Crippen LogP contribution >= 0.6 is 0 Å². The van der Waals surface area contributed by atoms with Crippen LogP contribution < -0.4 is 11.1 Å². The van der Waals surface area contributed by atoms with E-state index in [1.165, 1.54) is 18.4 Å². The molecule has 0 saturated carbocycles. The van der Waals surface area contributed by atoms with E-state index in [0.717, 1.165) is 24.4 Å². The molecule has 0 fully saturated rings. The summed E-state index contributed by atoms with van der Waals surface area (Å²) in [5.41, 5.74) is 8.16. The van der Waals surface area contributed by atoms with Crippen LogP contribution in [0.4, 0.5) is 5.82 Å². The van der Waals surface area contributed by atoms with Crippen molar-refractivity contribution in [3.63, 3.8) is 0 Å². The topological polar surface area (TPSA) is 84.1 Å². The van der Waals surface area contributed by atoms with Crippen LogP contribution in [0.2, 0.25) is 0 Å². The summed E-state index contributed by atoms with van der Waals surface area (Å²) in [4.78, 5) is 8.57. The van der Waals surface area contributed by atoms with E-state index in [2.05, 4.69) is 15.3 Å². The Morgan fingerprint density at radius 1 is 1.41 bits per heavy atom. The Bertz CT molecular complexity index is 381. The van der Waals surface area contributed by atoms with E-state index in [9.17, 15) is 5.11 Å². The molecule has 2 rings (SSSR count). The van der Waals surface area contributed by atoms with Crippen molar-refractivity contribution in [1.29, 1.82) is 0 Å². The normalized spacial score (nSPS) is 18.3. The Hall–Kier alpha value is -1.20. The Morgan fingerprint density at radius 2 is 2.18 bits per heavy atom. The van der Waals surface area contributed by atoms with Crippen LogP contribution in [-0.2, 0) is 12.8 Å². The molecule has 1 aromatic rings. The molecule has 0 bridgehead atoms. The maximum atomic E-state index is 9.34. The number of hydrogen-bond acceptors (Lipinski definition) is 5. The Balaban J connectivity index is 2.06. The quantitative estimate of drug-likeness (QED) is 0.708. The zero-order chi connectivity index (χ0) is 12.3. The van der Waals surface area contributed by atoms with Crippen LogP contribution in [0.3, 0.4) is 0 Å². The van der Waals surface area contributed by atoms with Crippen LogP contribution in [-0.4, -0.2) is 33.8 Å². The first-order valence-corrected chi connectivity index (χ1v) is 6.18. The van der Waals surface area contributed by atoms with Gasteiger partial charge >= 0.3 is 0 Å². The maximum absolute atomic E-state index is 9.34. The number of fused-ring (bicyclic) bond motifs is 1. The second kappa shape index (κ2) is 5.42. The van der Waals surface area contributed by atoms with Gasteiger partial charge in [-0.15, -0.1) is 0 Å². The molecular formula is C12H20N4O. The molecular weight excluding hydrogens is 216 g/mol. The van der Waals surface area contributed by atoms with E-state index in [4.69, 9.17) is 5.73 Å². The van der Waals surface area contributed by atoms with Crippen molar-refractivity contribution in [2.45, 2.75) is 44.8 Å². The molecule has 5 heteroatoms. The van der Waals surface area contributed by atoms with Gasteiger partial charge in [-0.1, -0.05) is 0 Å². The highest BCUT2D eigenvalue weighted by molar-refractivity contribution is 5.47. The molecule has 2 atom stereocenters. The minimum atomic E-state index is -0.514. The van der Waals surface area contributed by atoms with Gasteiger partial charge in [-0.3, -0.25) is 0 Å². The lowest BCUT2D eigenvalue weighted by Gasteiger charge is -2.20. The molecule has 94 valence electrons. The molecule has 0 radical (unpaired) electrons. The fourth-order valence-corrected chi connectivity index (χ4v) is 2.06. The number of nitrogens with one attached hydrogen (secondary N) is 1. The second-order valence-corrected chi connectivity index (χ2v) is 4.64. The summed E-state index contributed by atoms with van der Waals surface area (Å²) in [6.07, 6.45) is 5.55. The molecule has 0 saturated heterocycles. The lowest BCUT2D eigenvalue weighted by Crippen LogP contribution is -2.39. The lowest BCUT2D eigenvalue weighted by atomic mass is 9.96. The van der Waals surface area contributed by atoms with Crippen LogP contribution in [0.5, 0.6) is 0 Å². The monoisotopic (exact) mass is 236 g/mol. The zero-order valence-corrected chi connectivity index (χ0v) is 10.2. The molecule has 0 spiro atoms. The molecule has 2 unspecified atom stereocenters. The predicted octanol–water partition coefficient (Wildman–Crippen LogP) is 0.475. The van der Waals surface area contributed by atoms with Gasteiger partial charge < -0.3 is 16.2 Å². The summed E-state index contributed by atoms with van der Waals surface area (Å²) in [5.74, 6) is 0.880. The van der Waals surface area contributed by atoms with E-state index in [1.54, 1.807) is 13.3 Å². The highest BCUT2D eigenvalue weighted by Gasteiger charge is 2.16. The third kappa shape index (κ3) is 2.92. The number of hydrogen-bond donors (Lipinski definition) is 3. The van der Waals surface area contributed by atoms with Gasteiger partial charge in [0.05, 0.1) is 6.10 Å². The Kier molecular flexibility index (Phi) is 3.91. The van der Waals surface area contributed by atoms with Crippen LogP contribution in [0.25, 0.3) is 0 Å². The Labute approximate surface area is 101 Å². The second-order valence-electron chi connectivity index (χ2n) is 4.64. The summed E-state index contributed by atoms with van der Waals surface area (Å²) in [6.45, 7) is 2.23. The van der Waals surface area contributed by atoms with Crippen molar-refractivity contribution in [1.82, 2.24) is 9.97 Å². The number of aromatic nitrogens is 2. The summed E-state index contributed by atoms with van der Waals surface area (Å²) in [5, 5.41) is 12.6. The minimum absolute atomic E-state index is 0.274. The summed E-state index contributed by atoms with van der Waals surface area (Å²) >= 11 is 0. The van der Waals surface area contributed by atoms with Gasteiger partial charge in [0.2, 0.25) is 0 Å². The minimum Gasteiger partial charge on any atom is -0.392 e. The fourth-order valence-electron chi connectivity index (χ4n) is 2.06. The van der Waals surface area contributed by atoms with Gasteiger partial charge in [0.15, 0.2) is 0 Å². The molecule has 1 aliphatic rings. The number of aryl methyl sites for hydroxylation is 1. The van der Waals surface area contributed by atoms with Gasteiger partial charge in [-0.05, 0) is 32.6 Å². The molecule has 1 aliphatic carbocycles. The van der Waals surface area contributed by atoms with Crippen molar-refractivity contribution in [3.8, 4) is 0 Å². The van der Waals surface area contributed by atoms with Gasteiger partial charge in [-0.2, -0.15) is 0 Å². The number of aliphatic hydroxyl groups is 1. The average Bonchev–Trinajstić information content (AvgIpc) is 2.35. The van der Waals surface area contributed by atoms with Crippen LogP contribution in [0, 0.1) is 0 Å². The zero-order valence-electron chi connectivity index (χ0n) is 10.2. The highest BCUT2D eigenvalue weighted by Crippen LogP contribution is 2.24. The number of anilines is 1. The van der Waals surface area contributed by atoms with Gasteiger partial charge in [-0.25, -0.2) is 9.97 Å². The van der Waals surface area contributed by atoms with E-state index < -0.39 is 6.10 Å². The van der Waals surface area contributed by atoms with E-state index in [-0.39, 0.29) is 6.04 Å². The summed E-state index contributed by atoms with van der Waals surface area (Å²) in [7, 11) is 0. The molecule has 0 amide bonds. The van der Waals surface area contributed by atoms with Gasteiger partial charge in [0.1, 0.15) is 12.1 Å². The van der Waals surface area contributed by atoms with Gasteiger partial charge in [0, 0.05) is 23.8 Å². The molecule has 0 aromatic carbocycles. The number of aliphatic hydroxyl groups excluding tert-OH is 1. The van der Waals surface area contributed by atoms with E-state index >= 15 is 0 Å². The van der Waals surface area contributed by atoms with E-state index in [0.29, 0.717) is 6.54 Å². The molecule has 5 nitrogen and oxygen atoms in total. The first-order chi connectivity index (χ1) is 8.18. The smallest absolute Gasteiger partial charge is 0.132 e. The maximum Gasteiger partial charge on any atom is 0.132 e. The van der Waals surface area contributed by atoms with Crippen molar-refractivity contribution in [2.75, 3.05) is 11.9 Å². The number of nitrogens with two attached hydrogens (primary N) is 1. The third-order valence-corrected chi connectivity index (χ3v) is 3.25. The van der Waals surface area contributed by atoms with E-state index in [1.807, 2.05) is 0 Å². The fraction of sp³-hybridized carbons (Fsp3) is 0.667. The molecule has 17 heavy (non-hydrogen) atoms. The van der Waals surface area contributed by atoms with Crippen molar-refractivity contribution in [2.24, 2.45) is 5.73 Å². The Morgan fingerprint density at radius 3 is 2.94 bits per heavy atom. The molecule has 1 heterocycles. The molecule has 1 aromatic heterocycles. The predicted molar refractivity (Wildman–Crippen MR) is 66.8 cm³/mol. The largest absolute Gasteiger partial charge is 0.392 e. The van der Waals surface area contributed by atoms with Crippen molar-refractivity contribution in [3.05, 3.63) is 17.6 Å². The van der Waals surface area contributed by atoms with Crippen molar-refractivity contribution < 1.29 is 5.11 Å². The summed E-state index contributed by atoms with van der Waals surface area (Å²) < 4.78 is 0. The van der Waals surface area contributed by atoms with Gasteiger partial charge in [0.25, 0.3) is 0 Å². The summed E-state index contributed by atoms with van der Waals surface area (Å²) in [6, 6.07) is -0.274. The molecule has 4 N–H and O–H groups in total. The lowest BCUT2D eigenvalue weighted by molar-refractivity contribution is 0.168. The van der Waals surface area contributed by atoms with Crippen LogP contribution in [0.1, 0.15) is 31.0 Å². The number of nitrogens with zero attached hydrogens (tertiary/aromatic N) is 2. The average molecular weight is 236 g/mol. The first-order valence-electron chi connectivity index (χ1n) is 6.18.